The second-order valence-electron chi connectivity index (χ2n) is 0.976. The van der Waals surface area contributed by atoms with Gasteiger partial charge >= 0.3 is 0 Å². The third kappa shape index (κ3) is 4.60. The highest BCUT2D eigenvalue weighted by atomic mass is 13.5. The first-order valence-corrected chi connectivity index (χ1v) is 2.12. The molecule has 0 heterocycles. The van der Waals surface area contributed by atoms with Crippen LogP contribution in [0.3, 0.4) is 0 Å². The molecular formula is C8H6. The van der Waals surface area contributed by atoms with E-state index in [0.717, 1.165) is 0 Å². The summed E-state index contributed by atoms with van der Waals surface area (Å²) in [6, 6.07) is 0. The van der Waals surface area contributed by atoms with Gasteiger partial charge in [-0.25, -0.2) is 0 Å². The third-order valence-electron chi connectivity index (χ3n) is 0.454. The molecule has 0 saturated carbocycles. The Morgan fingerprint density at radius 2 is 1.25 bits per heavy atom. The molecule has 0 fully saturated rings. The Bertz CT molecular complexity index is 182. The van der Waals surface area contributed by atoms with Crippen LogP contribution in [0.4, 0.5) is 0 Å². The second-order valence-corrected chi connectivity index (χ2v) is 0.976. The number of hydrogen-bond donors (Lipinski definition) is 0. The lowest BCUT2D eigenvalue weighted by Crippen LogP contribution is -1.32. The molecule has 0 radical (unpaired) electrons. The standard InChI is InChI=1S/C8H6/c1-3-5-7-8-6-4-2/h7-8H,1-2H2. The topological polar surface area (TPSA) is 0 Å². The molecule has 0 aliphatic carbocycles. The van der Waals surface area contributed by atoms with Gasteiger partial charge < -0.3 is 0 Å². The minimum Gasteiger partial charge on any atom is -0.0781 e. The molecule has 0 saturated heterocycles. The molecule has 8 heavy (non-hydrogen) atoms. The van der Waals surface area contributed by atoms with Crippen molar-refractivity contribution in [1.29, 1.82) is 0 Å². The lowest BCUT2D eigenvalue weighted by molar-refractivity contribution is 2.03. The Kier molecular flexibility index (Phi) is 4.62. The van der Waals surface area contributed by atoms with E-state index in [9.17, 15) is 0 Å². The normalized spacial score (nSPS) is 4.50. The van der Waals surface area contributed by atoms with E-state index in [1.165, 1.54) is 0 Å². The largest absolute Gasteiger partial charge is 0.0781 e. The van der Waals surface area contributed by atoms with Crippen molar-refractivity contribution in [2.24, 2.45) is 0 Å². The number of rotatable bonds is 1. The molecule has 38 valence electrons. The van der Waals surface area contributed by atoms with Gasteiger partial charge in [0.25, 0.3) is 0 Å². The van der Waals surface area contributed by atoms with Gasteiger partial charge in [0.2, 0.25) is 0 Å². The average Bonchev–Trinajstić information content (AvgIpc) is 1.81. The van der Waals surface area contributed by atoms with Gasteiger partial charge in [-0.3, -0.25) is 0 Å². The van der Waals surface area contributed by atoms with E-state index in [0.29, 0.717) is 0 Å². The fourth-order valence-electron chi connectivity index (χ4n) is 0.201. The van der Waals surface area contributed by atoms with Crippen LogP contribution in [-0.2, 0) is 0 Å². The van der Waals surface area contributed by atoms with Crippen LogP contribution in [0.2, 0.25) is 0 Å². The Morgan fingerprint density at radius 1 is 0.875 bits per heavy atom. The molecule has 0 atom stereocenters. The van der Waals surface area contributed by atoms with Gasteiger partial charge in [0.1, 0.15) is 0 Å². The van der Waals surface area contributed by atoms with E-state index in [2.05, 4.69) is 36.1 Å². The SMILES string of the molecule is C=C=C=CC=C=C=C. The fraction of sp³-hybridized carbons (Fsp3) is 0. The van der Waals surface area contributed by atoms with E-state index >= 15 is 0 Å². The molecular weight excluding hydrogens is 96.1 g/mol. The zero-order valence-corrected chi connectivity index (χ0v) is 4.57. The van der Waals surface area contributed by atoms with Crippen LogP contribution < -0.4 is 0 Å². The van der Waals surface area contributed by atoms with Gasteiger partial charge in [-0.05, 0) is 25.3 Å². The highest BCUT2D eigenvalue weighted by molar-refractivity contribution is 5.00. The monoisotopic (exact) mass is 102 g/mol. The number of hydrogen-bond acceptors (Lipinski definition) is 0. The zero-order valence-electron chi connectivity index (χ0n) is 4.57. The van der Waals surface area contributed by atoms with Crippen LogP contribution in [0.5, 0.6) is 0 Å². The van der Waals surface area contributed by atoms with Crippen molar-refractivity contribution in [3.05, 3.63) is 48.2 Å². The van der Waals surface area contributed by atoms with Gasteiger partial charge in [0, 0.05) is 0 Å². The summed E-state index contributed by atoms with van der Waals surface area (Å²) in [4.78, 5) is 0. The summed E-state index contributed by atoms with van der Waals surface area (Å²) in [7, 11) is 0. The van der Waals surface area contributed by atoms with Crippen molar-refractivity contribution in [2.45, 2.75) is 0 Å². The van der Waals surface area contributed by atoms with Crippen molar-refractivity contribution >= 4 is 0 Å². The molecule has 0 unspecified atom stereocenters. The third-order valence-corrected chi connectivity index (χ3v) is 0.454. The summed E-state index contributed by atoms with van der Waals surface area (Å²) >= 11 is 0. The molecule has 0 amide bonds. The molecule has 0 heteroatoms. The molecule has 0 rings (SSSR count). The zero-order chi connectivity index (χ0) is 6.24. The fourth-order valence-corrected chi connectivity index (χ4v) is 0.201. The maximum Gasteiger partial charge on any atom is -0.00318 e. The Labute approximate surface area is 49.2 Å². The quantitative estimate of drug-likeness (QED) is 0.351. The Balaban J connectivity index is 4.18. The van der Waals surface area contributed by atoms with Gasteiger partial charge in [-0.2, -0.15) is 0 Å². The van der Waals surface area contributed by atoms with Gasteiger partial charge in [0.05, 0.1) is 0 Å². The summed E-state index contributed by atoms with van der Waals surface area (Å²) in [5.74, 6) is 0. The van der Waals surface area contributed by atoms with Gasteiger partial charge in [-0.15, -0.1) is 0 Å². The first kappa shape index (κ1) is 6.60. The van der Waals surface area contributed by atoms with Crippen molar-refractivity contribution in [2.75, 3.05) is 0 Å². The maximum atomic E-state index is 3.31. The first-order valence-electron chi connectivity index (χ1n) is 2.12. The summed E-state index contributed by atoms with van der Waals surface area (Å²) < 4.78 is 0. The smallest absolute Gasteiger partial charge is 0.00318 e. The molecule has 0 aromatic rings. The Hall–Kier alpha value is -1.40. The first-order chi connectivity index (χ1) is 3.91. The molecule has 0 N–H and O–H groups in total. The van der Waals surface area contributed by atoms with Crippen LogP contribution >= 0.6 is 0 Å². The van der Waals surface area contributed by atoms with Crippen molar-refractivity contribution in [1.82, 2.24) is 0 Å². The molecule has 0 aromatic heterocycles. The van der Waals surface area contributed by atoms with Crippen LogP contribution in [0.15, 0.2) is 48.2 Å². The molecule has 0 aromatic carbocycles. The molecule has 0 aliphatic rings. The van der Waals surface area contributed by atoms with Crippen molar-refractivity contribution in [3.63, 3.8) is 0 Å². The lowest BCUT2D eigenvalue weighted by atomic mass is 10.5. The van der Waals surface area contributed by atoms with Crippen molar-refractivity contribution in [3.8, 4) is 0 Å². The van der Waals surface area contributed by atoms with E-state index in [-0.39, 0.29) is 0 Å². The summed E-state index contributed by atoms with van der Waals surface area (Å²) in [5.41, 5.74) is 10.1. The predicted molar refractivity (Wildman–Crippen MR) is 34.4 cm³/mol. The van der Waals surface area contributed by atoms with Gasteiger partial charge in [-0.1, -0.05) is 22.9 Å². The minimum absolute atomic E-state index is 1.63. The van der Waals surface area contributed by atoms with E-state index in [4.69, 9.17) is 0 Å². The summed E-state index contributed by atoms with van der Waals surface area (Å²) in [6.07, 6.45) is 3.26. The van der Waals surface area contributed by atoms with E-state index in [1.54, 1.807) is 12.2 Å². The molecule has 0 nitrogen and oxygen atoms in total. The Morgan fingerprint density at radius 3 is 1.50 bits per heavy atom. The molecule has 0 spiro atoms. The molecule has 0 aliphatic heterocycles. The van der Waals surface area contributed by atoms with Crippen LogP contribution in [0.1, 0.15) is 0 Å². The predicted octanol–water partition coefficient (Wildman–Crippen LogP) is 1.98. The summed E-state index contributed by atoms with van der Waals surface area (Å²) in [6.45, 7) is 6.61. The highest BCUT2D eigenvalue weighted by Crippen LogP contribution is 1.64. The minimum atomic E-state index is 1.63. The second kappa shape index (κ2) is 5.60. The van der Waals surface area contributed by atoms with Crippen LogP contribution in [0.25, 0.3) is 0 Å². The summed E-state index contributed by atoms with van der Waals surface area (Å²) in [5, 5.41) is 0. The van der Waals surface area contributed by atoms with Crippen molar-refractivity contribution < 1.29 is 0 Å². The van der Waals surface area contributed by atoms with Gasteiger partial charge in [0.15, 0.2) is 0 Å². The molecule has 0 bridgehead atoms. The maximum absolute atomic E-state index is 3.31. The van der Waals surface area contributed by atoms with Crippen LogP contribution in [0, 0.1) is 0 Å². The number of allylic oxidation sites excluding steroid dienone is 2. The van der Waals surface area contributed by atoms with Crippen LogP contribution in [-0.4, -0.2) is 0 Å². The van der Waals surface area contributed by atoms with E-state index in [1.807, 2.05) is 0 Å². The lowest BCUT2D eigenvalue weighted by Gasteiger charge is -1.51. The van der Waals surface area contributed by atoms with E-state index < -0.39 is 0 Å². The highest BCUT2D eigenvalue weighted by Gasteiger charge is 1.45. The average molecular weight is 102 g/mol.